The number of hydrogen-bond acceptors (Lipinski definition) is 3. The molecule has 26 heavy (non-hydrogen) atoms. The molecule has 1 aliphatic carbocycles. The first-order valence-corrected chi connectivity index (χ1v) is 10.3. The highest BCUT2D eigenvalue weighted by molar-refractivity contribution is 7.89. The molecule has 0 aliphatic heterocycles. The summed E-state index contributed by atoms with van der Waals surface area (Å²) in [4.78, 5) is 3.55. The number of ether oxygens (including phenoxy) is 1. The molecule has 1 aromatic heterocycles. The number of sulfonamides is 1. The van der Waals surface area contributed by atoms with Crippen LogP contribution in [0.2, 0.25) is 0 Å². The van der Waals surface area contributed by atoms with Crippen molar-refractivity contribution >= 4 is 20.9 Å². The SMILES string of the molecule is CCOc1ccc(S(=O)(=O)NCC2(c3c[nH]c4ccccc34)CC2)cc1. The Morgan fingerprint density at radius 2 is 1.85 bits per heavy atom. The lowest BCUT2D eigenvalue weighted by Gasteiger charge is -2.16. The number of hydrogen-bond donors (Lipinski definition) is 2. The summed E-state index contributed by atoms with van der Waals surface area (Å²) in [6, 6.07) is 14.7. The molecular weight excluding hydrogens is 348 g/mol. The maximum absolute atomic E-state index is 12.6. The molecule has 3 aromatic rings. The molecule has 2 N–H and O–H groups in total. The zero-order valence-electron chi connectivity index (χ0n) is 14.7. The summed E-state index contributed by atoms with van der Waals surface area (Å²) < 4.78 is 33.5. The van der Waals surface area contributed by atoms with E-state index in [9.17, 15) is 8.42 Å². The summed E-state index contributed by atoms with van der Waals surface area (Å²) in [5.41, 5.74) is 2.17. The van der Waals surface area contributed by atoms with Crippen LogP contribution in [0.5, 0.6) is 5.75 Å². The van der Waals surface area contributed by atoms with Crippen molar-refractivity contribution in [3.63, 3.8) is 0 Å². The molecule has 0 saturated heterocycles. The maximum atomic E-state index is 12.6. The summed E-state index contributed by atoms with van der Waals surface area (Å²) in [7, 11) is -3.55. The van der Waals surface area contributed by atoms with Crippen LogP contribution in [0.15, 0.2) is 59.6 Å². The predicted octanol–water partition coefficient (Wildman–Crippen LogP) is 3.58. The summed E-state index contributed by atoms with van der Waals surface area (Å²) in [6.07, 6.45) is 3.99. The molecule has 0 amide bonds. The average Bonchev–Trinajstić information content (AvgIpc) is 3.31. The van der Waals surface area contributed by atoms with Crippen LogP contribution in [-0.2, 0) is 15.4 Å². The molecule has 0 bridgehead atoms. The third kappa shape index (κ3) is 3.10. The lowest BCUT2D eigenvalue weighted by Crippen LogP contribution is -2.32. The van der Waals surface area contributed by atoms with E-state index in [0.717, 1.165) is 18.4 Å². The fraction of sp³-hybridized carbons (Fsp3) is 0.300. The van der Waals surface area contributed by atoms with Crippen LogP contribution in [0.3, 0.4) is 0 Å². The number of aromatic amines is 1. The standard InChI is InChI=1S/C20H22N2O3S/c1-2-25-15-7-9-16(10-8-15)26(23,24)22-14-20(11-12-20)18-13-21-19-6-4-3-5-17(18)19/h3-10,13,21-22H,2,11-12,14H2,1H3. The molecule has 1 saturated carbocycles. The molecule has 0 atom stereocenters. The van der Waals surface area contributed by atoms with Gasteiger partial charge in [0.25, 0.3) is 0 Å². The first-order valence-electron chi connectivity index (χ1n) is 8.83. The molecule has 0 unspecified atom stereocenters. The lowest BCUT2D eigenvalue weighted by atomic mass is 9.96. The van der Waals surface area contributed by atoms with Crippen LogP contribution >= 0.6 is 0 Å². The number of fused-ring (bicyclic) bond motifs is 1. The highest BCUT2D eigenvalue weighted by atomic mass is 32.2. The van der Waals surface area contributed by atoms with E-state index in [-0.39, 0.29) is 10.3 Å². The van der Waals surface area contributed by atoms with Gasteiger partial charge >= 0.3 is 0 Å². The van der Waals surface area contributed by atoms with Gasteiger partial charge in [0.05, 0.1) is 11.5 Å². The van der Waals surface area contributed by atoms with E-state index >= 15 is 0 Å². The van der Waals surface area contributed by atoms with Crippen LogP contribution in [-0.4, -0.2) is 26.6 Å². The normalized spacial score (nSPS) is 15.9. The Hall–Kier alpha value is -2.31. The van der Waals surface area contributed by atoms with Crippen LogP contribution in [0.1, 0.15) is 25.3 Å². The number of para-hydroxylation sites is 1. The molecule has 4 rings (SSSR count). The summed E-state index contributed by atoms with van der Waals surface area (Å²) in [5, 5.41) is 1.17. The largest absolute Gasteiger partial charge is 0.494 e. The second kappa shape index (κ2) is 6.45. The molecule has 1 aliphatic rings. The van der Waals surface area contributed by atoms with E-state index in [1.54, 1.807) is 24.3 Å². The van der Waals surface area contributed by atoms with Crippen LogP contribution < -0.4 is 9.46 Å². The molecule has 0 spiro atoms. The Bertz CT molecular complexity index is 1020. The van der Waals surface area contributed by atoms with Gasteiger partial charge in [0.2, 0.25) is 10.0 Å². The van der Waals surface area contributed by atoms with Gasteiger partial charge in [-0.25, -0.2) is 13.1 Å². The maximum Gasteiger partial charge on any atom is 0.240 e. The van der Waals surface area contributed by atoms with Gasteiger partial charge in [0.15, 0.2) is 0 Å². The fourth-order valence-electron chi connectivity index (χ4n) is 3.40. The number of nitrogens with one attached hydrogen (secondary N) is 2. The van der Waals surface area contributed by atoms with Gasteiger partial charge in [-0.3, -0.25) is 0 Å². The third-order valence-corrected chi connectivity index (χ3v) is 6.48. The van der Waals surface area contributed by atoms with Crippen molar-refractivity contribution in [1.82, 2.24) is 9.71 Å². The van der Waals surface area contributed by atoms with Crippen molar-refractivity contribution in [3.05, 3.63) is 60.3 Å². The van der Waals surface area contributed by atoms with Crippen molar-refractivity contribution in [2.75, 3.05) is 13.2 Å². The minimum absolute atomic E-state index is 0.113. The molecular formula is C20H22N2O3S. The van der Waals surface area contributed by atoms with Gasteiger partial charge < -0.3 is 9.72 Å². The van der Waals surface area contributed by atoms with E-state index < -0.39 is 10.0 Å². The van der Waals surface area contributed by atoms with E-state index in [4.69, 9.17) is 4.74 Å². The highest BCUT2D eigenvalue weighted by Gasteiger charge is 2.46. The summed E-state index contributed by atoms with van der Waals surface area (Å²) >= 11 is 0. The minimum Gasteiger partial charge on any atom is -0.494 e. The van der Waals surface area contributed by atoms with E-state index in [1.165, 1.54) is 10.9 Å². The molecule has 1 heterocycles. The Kier molecular flexibility index (Phi) is 4.25. The van der Waals surface area contributed by atoms with Gasteiger partial charge in [-0.2, -0.15) is 0 Å². The molecule has 5 nitrogen and oxygen atoms in total. The molecule has 1 fully saturated rings. The topological polar surface area (TPSA) is 71.2 Å². The quantitative estimate of drug-likeness (QED) is 0.668. The highest BCUT2D eigenvalue weighted by Crippen LogP contribution is 2.50. The summed E-state index contributed by atoms with van der Waals surface area (Å²) in [6.45, 7) is 2.86. The van der Waals surface area contributed by atoms with E-state index in [0.29, 0.717) is 18.9 Å². The van der Waals surface area contributed by atoms with Gasteiger partial charge in [-0.05, 0) is 55.7 Å². The Labute approximate surface area is 153 Å². The molecule has 136 valence electrons. The first-order chi connectivity index (χ1) is 12.5. The predicted molar refractivity (Wildman–Crippen MR) is 102 cm³/mol. The number of benzene rings is 2. The van der Waals surface area contributed by atoms with Gasteiger partial charge in [-0.1, -0.05) is 18.2 Å². The second-order valence-electron chi connectivity index (χ2n) is 6.76. The Balaban J connectivity index is 1.52. The molecule has 2 aromatic carbocycles. The lowest BCUT2D eigenvalue weighted by molar-refractivity contribution is 0.340. The Morgan fingerprint density at radius 3 is 2.54 bits per heavy atom. The van der Waals surface area contributed by atoms with Gasteiger partial charge in [0, 0.05) is 29.1 Å². The van der Waals surface area contributed by atoms with E-state index in [1.807, 2.05) is 31.3 Å². The zero-order chi connectivity index (χ0) is 18.2. The Morgan fingerprint density at radius 1 is 1.12 bits per heavy atom. The number of rotatable bonds is 7. The number of aromatic nitrogens is 1. The van der Waals surface area contributed by atoms with Crippen molar-refractivity contribution in [1.29, 1.82) is 0 Å². The molecule has 0 radical (unpaired) electrons. The average molecular weight is 370 g/mol. The van der Waals surface area contributed by atoms with Crippen LogP contribution in [0.25, 0.3) is 10.9 Å². The third-order valence-electron chi connectivity index (χ3n) is 5.06. The van der Waals surface area contributed by atoms with Crippen LogP contribution in [0, 0.1) is 0 Å². The smallest absolute Gasteiger partial charge is 0.240 e. The minimum atomic E-state index is -3.55. The van der Waals surface area contributed by atoms with Gasteiger partial charge in [-0.15, -0.1) is 0 Å². The monoisotopic (exact) mass is 370 g/mol. The van der Waals surface area contributed by atoms with Crippen molar-refractivity contribution < 1.29 is 13.2 Å². The summed E-state index contributed by atoms with van der Waals surface area (Å²) in [5.74, 6) is 0.670. The van der Waals surface area contributed by atoms with Gasteiger partial charge in [0.1, 0.15) is 5.75 Å². The van der Waals surface area contributed by atoms with Crippen molar-refractivity contribution in [3.8, 4) is 5.75 Å². The first kappa shape index (κ1) is 17.1. The zero-order valence-corrected chi connectivity index (χ0v) is 15.5. The van der Waals surface area contributed by atoms with Crippen molar-refractivity contribution in [2.24, 2.45) is 0 Å². The second-order valence-corrected chi connectivity index (χ2v) is 8.52. The fourth-order valence-corrected chi connectivity index (χ4v) is 4.53. The van der Waals surface area contributed by atoms with Crippen molar-refractivity contribution in [2.45, 2.75) is 30.1 Å². The number of H-pyrrole nitrogens is 1. The van der Waals surface area contributed by atoms with E-state index in [2.05, 4.69) is 15.8 Å². The molecule has 6 heteroatoms. The van der Waals surface area contributed by atoms with Crippen LogP contribution in [0.4, 0.5) is 0 Å².